The number of nitrogens with one attached hydrogen (secondary N) is 1. The lowest BCUT2D eigenvalue weighted by atomic mass is 9.82. The molecule has 2 aromatic heterocycles. The van der Waals surface area contributed by atoms with Crippen molar-refractivity contribution in [2.24, 2.45) is 5.41 Å². The zero-order chi connectivity index (χ0) is 20.2. The monoisotopic (exact) mass is 389 g/mol. The van der Waals surface area contributed by atoms with Crippen LogP contribution in [0, 0.1) is 12.3 Å². The van der Waals surface area contributed by atoms with Gasteiger partial charge in [-0.2, -0.15) is 0 Å². The summed E-state index contributed by atoms with van der Waals surface area (Å²) < 4.78 is 5.19. The minimum absolute atomic E-state index is 0.0785. The number of rotatable bonds is 6. The van der Waals surface area contributed by atoms with E-state index in [9.17, 15) is 9.59 Å². The van der Waals surface area contributed by atoms with E-state index in [-0.39, 0.29) is 23.5 Å². The van der Waals surface area contributed by atoms with Gasteiger partial charge in [0.2, 0.25) is 0 Å². The largest absolute Gasteiger partial charge is 0.451 e. The molecule has 6 nitrogen and oxygen atoms in total. The molecule has 0 saturated carbocycles. The van der Waals surface area contributed by atoms with Gasteiger partial charge in [0.1, 0.15) is 9.88 Å². The summed E-state index contributed by atoms with van der Waals surface area (Å²) in [5.41, 5.74) is 0.967. The third-order valence-corrected chi connectivity index (χ3v) is 4.81. The number of thiazole rings is 1. The minimum Gasteiger partial charge on any atom is -0.451 e. The predicted octanol–water partition coefficient (Wildman–Crippen LogP) is 4.00. The Bertz CT molecular complexity index is 808. The summed E-state index contributed by atoms with van der Waals surface area (Å²) in [5.74, 6) is -0.860. The number of pyridine rings is 1. The molecule has 1 N–H and O–H groups in total. The quantitative estimate of drug-likeness (QED) is 0.755. The van der Waals surface area contributed by atoms with Gasteiger partial charge in [-0.3, -0.25) is 9.78 Å². The second-order valence-corrected chi connectivity index (χ2v) is 9.39. The highest BCUT2D eigenvalue weighted by Gasteiger charge is 2.27. The van der Waals surface area contributed by atoms with Crippen LogP contribution in [0.4, 0.5) is 0 Å². The van der Waals surface area contributed by atoms with Gasteiger partial charge in [-0.25, -0.2) is 9.78 Å². The van der Waals surface area contributed by atoms with Crippen molar-refractivity contribution in [3.8, 4) is 10.7 Å². The van der Waals surface area contributed by atoms with Gasteiger partial charge in [0, 0.05) is 11.7 Å². The molecule has 0 atom stereocenters. The fraction of sp³-hybridized carbons (Fsp3) is 0.500. The molecule has 27 heavy (non-hydrogen) atoms. The van der Waals surface area contributed by atoms with Gasteiger partial charge in [0.25, 0.3) is 5.91 Å². The Balaban J connectivity index is 1.96. The SMILES string of the molecule is Cc1nc(-c2ccccn2)sc1C(=O)OCC(=O)NC(C)(C)CC(C)(C)C. The average Bonchev–Trinajstić information content (AvgIpc) is 2.92. The Morgan fingerprint density at radius 2 is 1.89 bits per heavy atom. The number of carbonyl (C=O) groups excluding carboxylic acids is 2. The number of carbonyl (C=O) groups is 2. The van der Waals surface area contributed by atoms with Crippen LogP contribution in [0.1, 0.15) is 56.4 Å². The first kappa shape index (κ1) is 21.0. The fourth-order valence-corrected chi connectivity index (χ4v) is 4.10. The van der Waals surface area contributed by atoms with E-state index in [0.29, 0.717) is 21.3 Å². The Morgan fingerprint density at radius 1 is 1.19 bits per heavy atom. The van der Waals surface area contributed by atoms with Crippen LogP contribution in [0.25, 0.3) is 10.7 Å². The summed E-state index contributed by atoms with van der Waals surface area (Å²) >= 11 is 1.21. The van der Waals surface area contributed by atoms with Crippen molar-refractivity contribution in [2.75, 3.05) is 6.61 Å². The molecule has 1 amide bonds. The molecule has 0 aliphatic rings. The van der Waals surface area contributed by atoms with Gasteiger partial charge >= 0.3 is 5.97 Å². The summed E-state index contributed by atoms with van der Waals surface area (Å²) in [7, 11) is 0. The third-order valence-electron chi connectivity index (χ3n) is 3.65. The van der Waals surface area contributed by atoms with Crippen LogP contribution in [0.2, 0.25) is 0 Å². The van der Waals surface area contributed by atoms with Crippen LogP contribution in [-0.2, 0) is 9.53 Å². The first-order valence-electron chi connectivity index (χ1n) is 8.84. The number of esters is 1. The third kappa shape index (κ3) is 6.43. The Morgan fingerprint density at radius 3 is 2.48 bits per heavy atom. The predicted molar refractivity (Wildman–Crippen MR) is 107 cm³/mol. The van der Waals surface area contributed by atoms with E-state index in [0.717, 1.165) is 6.42 Å². The molecular formula is C20H27N3O3S. The van der Waals surface area contributed by atoms with Crippen LogP contribution in [-0.4, -0.2) is 34.0 Å². The number of hydrogen-bond acceptors (Lipinski definition) is 6. The van der Waals surface area contributed by atoms with Crippen LogP contribution in [0.5, 0.6) is 0 Å². The van der Waals surface area contributed by atoms with Crippen molar-refractivity contribution in [2.45, 2.75) is 53.5 Å². The van der Waals surface area contributed by atoms with Crippen molar-refractivity contribution in [3.05, 3.63) is 35.0 Å². The van der Waals surface area contributed by atoms with Gasteiger partial charge in [-0.1, -0.05) is 26.8 Å². The lowest BCUT2D eigenvalue weighted by molar-refractivity contribution is -0.126. The Kier molecular flexibility index (Phi) is 6.36. The number of ether oxygens (including phenoxy) is 1. The molecule has 0 radical (unpaired) electrons. The van der Waals surface area contributed by atoms with E-state index in [1.807, 2.05) is 32.0 Å². The van der Waals surface area contributed by atoms with E-state index in [2.05, 4.69) is 36.1 Å². The maximum Gasteiger partial charge on any atom is 0.350 e. The molecule has 146 valence electrons. The van der Waals surface area contributed by atoms with E-state index in [1.165, 1.54) is 11.3 Å². The summed E-state index contributed by atoms with van der Waals surface area (Å²) in [6.07, 6.45) is 2.48. The van der Waals surface area contributed by atoms with Crippen molar-refractivity contribution < 1.29 is 14.3 Å². The molecule has 0 spiro atoms. The highest BCUT2D eigenvalue weighted by atomic mass is 32.1. The van der Waals surface area contributed by atoms with Crippen molar-refractivity contribution in [1.82, 2.24) is 15.3 Å². The zero-order valence-corrected chi connectivity index (χ0v) is 17.6. The first-order valence-corrected chi connectivity index (χ1v) is 9.65. The zero-order valence-electron chi connectivity index (χ0n) is 16.8. The standard InChI is InChI=1S/C20H27N3O3S/c1-13-16(27-17(22-13)14-9-7-8-10-21-14)18(25)26-11-15(24)23-20(5,6)12-19(2,3)4/h7-10H,11-12H2,1-6H3,(H,23,24). The smallest absolute Gasteiger partial charge is 0.350 e. The van der Waals surface area contributed by atoms with Crippen LogP contribution in [0.15, 0.2) is 24.4 Å². The van der Waals surface area contributed by atoms with Gasteiger partial charge in [-0.15, -0.1) is 11.3 Å². The summed E-state index contributed by atoms with van der Waals surface area (Å²) in [4.78, 5) is 33.5. The molecule has 2 heterocycles. The molecule has 0 fully saturated rings. The molecule has 2 rings (SSSR count). The molecule has 0 unspecified atom stereocenters. The van der Waals surface area contributed by atoms with Gasteiger partial charge < -0.3 is 10.1 Å². The van der Waals surface area contributed by atoms with E-state index < -0.39 is 5.97 Å². The number of amides is 1. The molecule has 0 bridgehead atoms. The van der Waals surface area contributed by atoms with Crippen molar-refractivity contribution >= 4 is 23.2 Å². The molecule has 0 aliphatic carbocycles. The van der Waals surface area contributed by atoms with Gasteiger partial charge in [0.15, 0.2) is 6.61 Å². The highest BCUT2D eigenvalue weighted by Crippen LogP contribution is 2.28. The van der Waals surface area contributed by atoms with Crippen LogP contribution >= 0.6 is 11.3 Å². The Labute approximate surface area is 164 Å². The van der Waals surface area contributed by atoms with Gasteiger partial charge in [-0.05, 0) is 44.7 Å². The molecule has 2 aromatic rings. The number of hydrogen-bond donors (Lipinski definition) is 1. The first-order chi connectivity index (χ1) is 12.5. The molecule has 7 heteroatoms. The molecule has 0 saturated heterocycles. The highest BCUT2D eigenvalue weighted by molar-refractivity contribution is 7.17. The maximum atomic E-state index is 12.4. The molecule has 0 aliphatic heterocycles. The summed E-state index contributed by atoms with van der Waals surface area (Å²) in [6.45, 7) is 11.7. The van der Waals surface area contributed by atoms with E-state index in [1.54, 1.807) is 13.1 Å². The lowest BCUT2D eigenvalue weighted by Crippen LogP contribution is -2.47. The lowest BCUT2D eigenvalue weighted by Gasteiger charge is -2.33. The van der Waals surface area contributed by atoms with Gasteiger partial charge in [0.05, 0.1) is 11.4 Å². The topological polar surface area (TPSA) is 81.2 Å². The maximum absolute atomic E-state index is 12.4. The normalized spacial score (nSPS) is 11.9. The summed E-state index contributed by atoms with van der Waals surface area (Å²) in [6, 6.07) is 5.51. The minimum atomic E-state index is -0.545. The van der Waals surface area contributed by atoms with Crippen molar-refractivity contribution in [1.29, 1.82) is 0 Å². The van der Waals surface area contributed by atoms with Crippen molar-refractivity contribution in [3.63, 3.8) is 0 Å². The molecular weight excluding hydrogens is 362 g/mol. The molecule has 0 aromatic carbocycles. The van der Waals surface area contributed by atoms with E-state index >= 15 is 0 Å². The summed E-state index contributed by atoms with van der Waals surface area (Å²) in [5, 5.41) is 3.58. The average molecular weight is 390 g/mol. The second kappa shape index (κ2) is 8.17. The van der Waals surface area contributed by atoms with Crippen LogP contribution < -0.4 is 5.32 Å². The number of aromatic nitrogens is 2. The Hall–Kier alpha value is -2.28. The van der Waals surface area contributed by atoms with Crippen LogP contribution in [0.3, 0.4) is 0 Å². The second-order valence-electron chi connectivity index (χ2n) is 8.39. The number of aryl methyl sites for hydroxylation is 1. The van der Waals surface area contributed by atoms with E-state index in [4.69, 9.17) is 4.74 Å². The fourth-order valence-electron chi connectivity index (χ4n) is 3.16. The number of nitrogens with zero attached hydrogens (tertiary/aromatic N) is 2.